The number of esters is 1. The van der Waals surface area contributed by atoms with Crippen LogP contribution < -0.4 is 5.32 Å². The van der Waals surface area contributed by atoms with Crippen molar-refractivity contribution in [3.8, 4) is 0 Å². The molecule has 3 rings (SSSR count). The summed E-state index contributed by atoms with van der Waals surface area (Å²) in [7, 11) is 0. The van der Waals surface area contributed by atoms with Gasteiger partial charge in [0.1, 0.15) is 4.88 Å². The Labute approximate surface area is 152 Å². The second-order valence-electron chi connectivity index (χ2n) is 6.46. The molecule has 1 aromatic carbocycles. The van der Waals surface area contributed by atoms with Gasteiger partial charge in [-0.2, -0.15) is 0 Å². The van der Waals surface area contributed by atoms with E-state index >= 15 is 0 Å². The number of hydrogen-bond donors (Lipinski definition) is 1. The second kappa shape index (κ2) is 8.30. The average molecular weight is 357 g/mol. The highest BCUT2D eigenvalue weighted by atomic mass is 32.1. The highest BCUT2D eigenvalue weighted by molar-refractivity contribution is 7.14. The minimum Gasteiger partial charge on any atom is -0.451 e. The largest absolute Gasteiger partial charge is 0.451 e. The quantitative estimate of drug-likeness (QED) is 0.654. The summed E-state index contributed by atoms with van der Waals surface area (Å²) in [5, 5.41) is 2.77. The third kappa shape index (κ3) is 4.92. The molecule has 0 atom stereocenters. The normalized spacial score (nSPS) is 13.6. The van der Waals surface area contributed by atoms with Crippen LogP contribution in [0.1, 0.15) is 50.5 Å². The first-order valence-corrected chi connectivity index (χ1v) is 9.54. The standard InChI is InChI=1S/C20H23NO3S/c1-14-7-9-15(10-8-14)12-21-19(22)13-24-20(23)18-11-16-5-3-2-4-6-17(16)25-18/h7-11H,2-6,12-13H2,1H3,(H,21,22). The number of carbonyl (C=O) groups is 2. The van der Waals surface area contributed by atoms with E-state index < -0.39 is 5.97 Å². The molecule has 1 aliphatic rings. The van der Waals surface area contributed by atoms with E-state index in [0.29, 0.717) is 11.4 Å². The van der Waals surface area contributed by atoms with E-state index in [2.05, 4.69) is 5.32 Å². The molecule has 1 N–H and O–H groups in total. The molecule has 0 saturated heterocycles. The van der Waals surface area contributed by atoms with Crippen molar-refractivity contribution in [3.63, 3.8) is 0 Å². The predicted octanol–water partition coefficient (Wildman–Crippen LogP) is 3.80. The number of hydrogen-bond acceptors (Lipinski definition) is 4. The van der Waals surface area contributed by atoms with Crippen LogP contribution in [0.5, 0.6) is 0 Å². The van der Waals surface area contributed by atoms with Crippen molar-refractivity contribution in [2.75, 3.05) is 6.61 Å². The molecule has 4 nitrogen and oxygen atoms in total. The van der Waals surface area contributed by atoms with Gasteiger partial charge < -0.3 is 10.1 Å². The number of benzene rings is 1. The Morgan fingerprint density at radius 2 is 1.88 bits per heavy atom. The summed E-state index contributed by atoms with van der Waals surface area (Å²) in [6.07, 6.45) is 5.70. The van der Waals surface area contributed by atoms with Crippen molar-refractivity contribution >= 4 is 23.2 Å². The molecule has 132 valence electrons. The molecule has 0 spiro atoms. The van der Waals surface area contributed by atoms with E-state index in [1.165, 1.54) is 46.6 Å². The Morgan fingerprint density at radius 1 is 1.12 bits per heavy atom. The lowest BCUT2D eigenvalue weighted by atomic mass is 10.1. The van der Waals surface area contributed by atoms with E-state index in [9.17, 15) is 9.59 Å². The van der Waals surface area contributed by atoms with Gasteiger partial charge in [0, 0.05) is 11.4 Å². The number of aryl methyl sites for hydroxylation is 3. The van der Waals surface area contributed by atoms with Crippen LogP contribution >= 0.6 is 11.3 Å². The van der Waals surface area contributed by atoms with E-state index in [1.54, 1.807) is 0 Å². The first-order valence-electron chi connectivity index (χ1n) is 8.73. The highest BCUT2D eigenvalue weighted by Gasteiger charge is 2.18. The SMILES string of the molecule is Cc1ccc(CNC(=O)COC(=O)c2cc3c(s2)CCCCC3)cc1. The van der Waals surface area contributed by atoms with Crippen molar-refractivity contribution in [1.29, 1.82) is 0 Å². The van der Waals surface area contributed by atoms with Crippen LogP contribution in [-0.4, -0.2) is 18.5 Å². The fraction of sp³-hybridized carbons (Fsp3) is 0.400. The number of thiophene rings is 1. The van der Waals surface area contributed by atoms with Crippen molar-refractivity contribution in [2.45, 2.75) is 45.6 Å². The molecule has 0 bridgehead atoms. The van der Waals surface area contributed by atoms with E-state index in [0.717, 1.165) is 18.4 Å². The van der Waals surface area contributed by atoms with E-state index in [1.807, 2.05) is 37.3 Å². The van der Waals surface area contributed by atoms with Crippen LogP contribution in [0.4, 0.5) is 0 Å². The molecule has 0 fully saturated rings. The summed E-state index contributed by atoms with van der Waals surface area (Å²) < 4.78 is 5.17. The van der Waals surface area contributed by atoms with Crippen LogP contribution in [0, 0.1) is 6.92 Å². The molecule has 1 aromatic heterocycles. The summed E-state index contributed by atoms with van der Waals surface area (Å²) in [6, 6.07) is 9.89. The Hall–Kier alpha value is -2.14. The third-order valence-corrected chi connectivity index (χ3v) is 5.61. The van der Waals surface area contributed by atoms with E-state index in [4.69, 9.17) is 4.74 Å². The minimum atomic E-state index is -0.399. The maximum absolute atomic E-state index is 12.2. The van der Waals surface area contributed by atoms with Gasteiger partial charge in [0.25, 0.3) is 5.91 Å². The van der Waals surface area contributed by atoms with Crippen LogP contribution in [0.15, 0.2) is 30.3 Å². The smallest absolute Gasteiger partial charge is 0.348 e. The number of amides is 1. The van der Waals surface area contributed by atoms with Gasteiger partial charge in [0.05, 0.1) is 0 Å². The van der Waals surface area contributed by atoms with Crippen LogP contribution in [0.2, 0.25) is 0 Å². The molecule has 25 heavy (non-hydrogen) atoms. The van der Waals surface area contributed by atoms with Gasteiger partial charge in [-0.25, -0.2) is 4.79 Å². The zero-order chi connectivity index (χ0) is 17.6. The topological polar surface area (TPSA) is 55.4 Å². The van der Waals surface area contributed by atoms with Crippen molar-refractivity contribution in [1.82, 2.24) is 5.32 Å². The Balaban J connectivity index is 1.47. The molecule has 0 aliphatic heterocycles. The fourth-order valence-electron chi connectivity index (χ4n) is 2.93. The van der Waals surface area contributed by atoms with Gasteiger partial charge in [-0.05, 0) is 49.8 Å². The van der Waals surface area contributed by atoms with E-state index in [-0.39, 0.29) is 12.5 Å². The Kier molecular flexibility index (Phi) is 5.87. The number of fused-ring (bicyclic) bond motifs is 1. The maximum atomic E-state index is 12.2. The maximum Gasteiger partial charge on any atom is 0.348 e. The molecular formula is C20H23NO3S. The molecule has 1 aliphatic carbocycles. The second-order valence-corrected chi connectivity index (χ2v) is 7.59. The first kappa shape index (κ1) is 17.7. The predicted molar refractivity (Wildman–Crippen MR) is 98.9 cm³/mol. The molecule has 1 amide bonds. The number of carbonyl (C=O) groups excluding carboxylic acids is 2. The van der Waals surface area contributed by atoms with Gasteiger partial charge in [-0.3, -0.25) is 4.79 Å². The Morgan fingerprint density at radius 3 is 2.68 bits per heavy atom. The molecule has 0 saturated carbocycles. The lowest BCUT2D eigenvalue weighted by Gasteiger charge is -2.06. The summed E-state index contributed by atoms with van der Waals surface area (Å²) >= 11 is 1.51. The van der Waals surface area contributed by atoms with Crippen molar-refractivity contribution < 1.29 is 14.3 Å². The van der Waals surface area contributed by atoms with Gasteiger partial charge in [-0.1, -0.05) is 36.2 Å². The number of nitrogens with one attached hydrogen (secondary N) is 1. The molecule has 0 radical (unpaired) electrons. The summed E-state index contributed by atoms with van der Waals surface area (Å²) in [5.41, 5.74) is 3.48. The van der Waals surface area contributed by atoms with Gasteiger partial charge in [0.15, 0.2) is 6.61 Å². The monoisotopic (exact) mass is 357 g/mol. The molecule has 2 aromatic rings. The summed E-state index contributed by atoms with van der Waals surface area (Å²) in [4.78, 5) is 26.0. The molecule has 5 heteroatoms. The van der Waals surface area contributed by atoms with Crippen molar-refractivity contribution in [2.24, 2.45) is 0 Å². The first-order chi connectivity index (χ1) is 12.1. The highest BCUT2D eigenvalue weighted by Crippen LogP contribution is 2.29. The van der Waals surface area contributed by atoms with Gasteiger partial charge >= 0.3 is 5.97 Å². The van der Waals surface area contributed by atoms with Crippen molar-refractivity contribution in [3.05, 3.63) is 56.8 Å². The zero-order valence-electron chi connectivity index (χ0n) is 14.5. The van der Waals surface area contributed by atoms with Gasteiger partial charge in [0.2, 0.25) is 0 Å². The third-order valence-electron chi connectivity index (χ3n) is 4.39. The summed E-state index contributed by atoms with van der Waals surface area (Å²) in [5.74, 6) is -0.685. The minimum absolute atomic E-state index is 0.243. The number of rotatable bonds is 5. The Bertz CT molecular complexity index is 725. The fourth-order valence-corrected chi connectivity index (χ4v) is 4.08. The summed E-state index contributed by atoms with van der Waals surface area (Å²) in [6.45, 7) is 2.21. The lowest BCUT2D eigenvalue weighted by Crippen LogP contribution is -2.28. The van der Waals surface area contributed by atoms with Crippen LogP contribution in [-0.2, 0) is 28.9 Å². The average Bonchev–Trinajstić information content (AvgIpc) is 2.90. The molecule has 1 heterocycles. The van der Waals surface area contributed by atoms with Gasteiger partial charge in [-0.15, -0.1) is 11.3 Å². The molecular weight excluding hydrogens is 334 g/mol. The van der Waals surface area contributed by atoms with Crippen LogP contribution in [0.3, 0.4) is 0 Å². The van der Waals surface area contributed by atoms with Crippen LogP contribution in [0.25, 0.3) is 0 Å². The zero-order valence-corrected chi connectivity index (χ0v) is 15.3. The lowest BCUT2D eigenvalue weighted by molar-refractivity contribution is -0.124. The number of ether oxygens (including phenoxy) is 1. The molecule has 0 unspecified atom stereocenters.